The van der Waals surface area contributed by atoms with Gasteiger partial charge in [0.05, 0.1) is 0 Å². The van der Waals surface area contributed by atoms with E-state index in [-0.39, 0.29) is 5.91 Å². The van der Waals surface area contributed by atoms with E-state index in [1.165, 1.54) is 0 Å². The number of carbonyl (C=O) groups is 1. The van der Waals surface area contributed by atoms with Crippen molar-refractivity contribution in [2.45, 2.75) is 26.7 Å². The van der Waals surface area contributed by atoms with Crippen LogP contribution in [0.25, 0.3) is 0 Å². The maximum absolute atomic E-state index is 11.5. The number of amides is 1. The average molecular weight is 192 g/mol. The normalized spacial score (nSPS) is 9.93. The van der Waals surface area contributed by atoms with E-state index in [4.69, 9.17) is 0 Å². The number of rotatable bonds is 3. The van der Waals surface area contributed by atoms with E-state index in [2.05, 4.69) is 4.98 Å². The molecule has 0 fully saturated rings. The highest BCUT2D eigenvalue weighted by molar-refractivity contribution is 5.91. The van der Waals surface area contributed by atoms with Crippen LogP contribution < -0.4 is 4.90 Å². The number of aryl methyl sites for hydroxylation is 1. The molecule has 0 saturated heterocycles. The van der Waals surface area contributed by atoms with Crippen molar-refractivity contribution in [2.75, 3.05) is 11.9 Å². The van der Waals surface area contributed by atoms with Crippen molar-refractivity contribution >= 4 is 11.7 Å². The Hall–Kier alpha value is -1.38. The zero-order valence-electron chi connectivity index (χ0n) is 8.95. The van der Waals surface area contributed by atoms with Crippen molar-refractivity contribution in [3.8, 4) is 0 Å². The van der Waals surface area contributed by atoms with Gasteiger partial charge in [0, 0.05) is 19.2 Å². The maximum atomic E-state index is 11.5. The number of aromatic nitrogens is 1. The highest BCUT2D eigenvalue weighted by atomic mass is 16.2. The molecule has 1 aromatic rings. The molecule has 0 radical (unpaired) electrons. The number of pyridine rings is 1. The fourth-order valence-corrected chi connectivity index (χ4v) is 1.22. The van der Waals surface area contributed by atoms with Gasteiger partial charge in [0.25, 0.3) is 0 Å². The summed E-state index contributed by atoms with van der Waals surface area (Å²) in [4.78, 5) is 17.4. The van der Waals surface area contributed by atoms with Crippen LogP contribution in [0.15, 0.2) is 18.2 Å². The van der Waals surface area contributed by atoms with E-state index >= 15 is 0 Å². The van der Waals surface area contributed by atoms with Crippen LogP contribution in [0.3, 0.4) is 0 Å². The predicted molar refractivity (Wildman–Crippen MR) is 57.3 cm³/mol. The molecule has 0 saturated carbocycles. The van der Waals surface area contributed by atoms with Gasteiger partial charge in [-0.15, -0.1) is 0 Å². The number of hydrogen-bond donors (Lipinski definition) is 0. The lowest BCUT2D eigenvalue weighted by Crippen LogP contribution is -2.26. The fraction of sp³-hybridized carbons (Fsp3) is 0.455. The minimum absolute atomic E-state index is 0.116. The second-order valence-electron chi connectivity index (χ2n) is 3.34. The third kappa shape index (κ3) is 2.55. The van der Waals surface area contributed by atoms with Gasteiger partial charge in [0.1, 0.15) is 5.82 Å². The van der Waals surface area contributed by atoms with Crippen LogP contribution in [0.4, 0.5) is 5.82 Å². The Balaban J connectivity index is 2.78. The molecule has 76 valence electrons. The molecular formula is C11H16N2O. The fourth-order valence-electron chi connectivity index (χ4n) is 1.22. The Morgan fingerprint density at radius 2 is 2.21 bits per heavy atom. The maximum Gasteiger partial charge on any atom is 0.227 e. The molecule has 0 aliphatic carbocycles. The van der Waals surface area contributed by atoms with E-state index < -0.39 is 0 Å². The number of nitrogens with zero attached hydrogens (tertiary/aromatic N) is 2. The summed E-state index contributed by atoms with van der Waals surface area (Å²) in [5.74, 6) is 0.842. The quantitative estimate of drug-likeness (QED) is 0.735. The molecule has 1 heterocycles. The summed E-state index contributed by atoms with van der Waals surface area (Å²) in [6, 6.07) is 5.68. The Morgan fingerprint density at radius 3 is 2.79 bits per heavy atom. The van der Waals surface area contributed by atoms with Gasteiger partial charge in [0.2, 0.25) is 5.91 Å². The summed E-state index contributed by atoms with van der Waals surface area (Å²) in [5, 5.41) is 0. The highest BCUT2D eigenvalue weighted by Gasteiger charge is 2.10. The van der Waals surface area contributed by atoms with E-state index in [9.17, 15) is 4.79 Å². The van der Waals surface area contributed by atoms with Gasteiger partial charge in [0.15, 0.2) is 0 Å². The third-order valence-corrected chi connectivity index (χ3v) is 2.06. The first kappa shape index (κ1) is 10.7. The van der Waals surface area contributed by atoms with Gasteiger partial charge in [-0.3, -0.25) is 9.69 Å². The summed E-state index contributed by atoms with van der Waals surface area (Å²) in [6.45, 7) is 3.91. The minimum Gasteiger partial charge on any atom is -0.300 e. The van der Waals surface area contributed by atoms with Gasteiger partial charge < -0.3 is 0 Å². The smallest absolute Gasteiger partial charge is 0.227 e. The Kier molecular flexibility index (Phi) is 3.63. The second kappa shape index (κ2) is 4.74. The van der Waals surface area contributed by atoms with Gasteiger partial charge >= 0.3 is 0 Å². The van der Waals surface area contributed by atoms with E-state index in [0.717, 1.165) is 17.9 Å². The monoisotopic (exact) mass is 192 g/mol. The van der Waals surface area contributed by atoms with E-state index in [1.807, 2.05) is 32.0 Å². The van der Waals surface area contributed by atoms with Crippen LogP contribution in [0.2, 0.25) is 0 Å². The molecule has 0 bridgehead atoms. The SMILES string of the molecule is CCCC(=O)N(C)c1cccc(C)n1. The van der Waals surface area contributed by atoms with Crippen LogP contribution in [-0.4, -0.2) is 17.9 Å². The standard InChI is InChI=1S/C11H16N2O/c1-4-6-11(14)13(3)10-8-5-7-9(2)12-10/h5,7-8H,4,6H2,1-3H3. The summed E-state index contributed by atoms with van der Waals surface area (Å²) in [5.41, 5.74) is 0.929. The van der Waals surface area contributed by atoms with Crippen LogP contribution >= 0.6 is 0 Å². The van der Waals surface area contributed by atoms with Crippen LogP contribution in [-0.2, 0) is 4.79 Å². The van der Waals surface area contributed by atoms with Gasteiger partial charge in [-0.05, 0) is 25.5 Å². The van der Waals surface area contributed by atoms with Gasteiger partial charge in [-0.25, -0.2) is 4.98 Å². The average Bonchev–Trinajstić information content (AvgIpc) is 2.17. The van der Waals surface area contributed by atoms with Crippen molar-refractivity contribution in [3.05, 3.63) is 23.9 Å². The van der Waals surface area contributed by atoms with Crippen molar-refractivity contribution in [1.82, 2.24) is 4.98 Å². The molecule has 1 rings (SSSR count). The molecular weight excluding hydrogens is 176 g/mol. The van der Waals surface area contributed by atoms with Gasteiger partial charge in [-0.1, -0.05) is 13.0 Å². The lowest BCUT2D eigenvalue weighted by Gasteiger charge is -2.15. The summed E-state index contributed by atoms with van der Waals surface area (Å²) >= 11 is 0. The molecule has 0 spiro atoms. The molecule has 0 aliphatic rings. The molecule has 1 amide bonds. The first-order valence-corrected chi connectivity index (χ1v) is 4.85. The Bertz CT molecular complexity index is 323. The lowest BCUT2D eigenvalue weighted by atomic mass is 10.3. The molecule has 14 heavy (non-hydrogen) atoms. The Labute approximate surface area is 84.8 Å². The summed E-state index contributed by atoms with van der Waals surface area (Å²) < 4.78 is 0. The predicted octanol–water partition coefficient (Wildman–Crippen LogP) is 2.15. The zero-order chi connectivity index (χ0) is 10.6. The number of carbonyl (C=O) groups excluding carboxylic acids is 1. The third-order valence-electron chi connectivity index (χ3n) is 2.06. The zero-order valence-corrected chi connectivity index (χ0v) is 8.95. The van der Waals surface area contributed by atoms with Crippen molar-refractivity contribution in [2.24, 2.45) is 0 Å². The Morgan fingerprint density at radius 1 is 1.50 bits per heavy atom. The molecule has 3 heteroatoms. The molecule has 0 aromatic carbocycles. The number of anilines is 1. The van der Waals surface area contributed by atoms with E-state index in [0.29, 0.717) is 6.42 Å². The lowest BCUT2D eigenvalue weighted by molar-refractivity contribution is -0.118. The summed E-state index contributed by atoms with van der Waals surface area (Å²) in [6.07, 6.45) is 1.45. The molecule has 0 aliphatic heterocycles. The van der Waals surface area contributed by atoms with Crippen LogP contribution in [0, 0.1) is 6.92 Å². The van der Waals surface area contributed by atoms with Crippen molar-refractivity contribution < 1.29 is 4.79 Å². The topological polar surface area (TPSA) is 33.2 Å². The van der Waals surface area contributed by atoms with Crippen molar-refractivity contribution in [3.63, 3.8) is 0 Å². The van der Waals surface area contributed by atoms with Crippen molar-refractivity contribution in [1.29, 1.82) is 0 Å². The first-order valence-electron chi connectivity index (χ1n) is 4.85. The minimum atomic E-state index is 0.116. The molecule has 0 N–H and O–H groups in total. The second-order valence-corrected chi connectivity index (χ2v) is 3.34. The highest BCUT2D eigenvalue weighted by Crippen LogP contribution is 2.10. The van der Waals surface area contributed by atoms with Crippen LogP contribution in [0.5, 0.6) is 0 Å². The summed E-state index contributed by atoms with van der Waals surface area (Å²) in [7, 11) is 1.76. The van der Waals surface area contributed by atoms with Gasteiger partial charge in [-0.2, -0.15) is 0 Å². The largest absolute Gasteiger partial charge is 0.300 e. The molecule has 3 nitrogen and oxygen atoms in total. The van der Waals surface area contributed by atoms with Crippen LogP contribution in [0.1, 0.15) is 25.5 Å². The molecule has 0 atom stereocenters. The molecule has 0 unspecified atom stereocenters. The number of hydrogen-bond acceptors (Lipinski definition) is 2. The molecule has 1 aromatic heterocycles. The first-order chi connectivity index (χ1) is 6.65. The van der Waals surface area contributed by atoms with E-state index in [1.54, 1.807) is 11.9 Å².